The molecule has 21 heavy (non-hydrogen) atoms. The van der Waals surface area contributed by atoms with Crippen molar-refractivity contribution in [2.45, 2.75) is 26.7 Å². The van der Waals surface area contributed by atoms with E-state index in [4.69, 9.17) is 0 Å². The third-order valence-electron chi connectivity index (χ3n) is 3.01. The summed E-state index contributed by atoms with van der Waals surface area (Å²) in [6.45, 7) is 4.94. The van der Waals surface area contributed by atoms with E-state index < -0.39 is 0 Å². The molecule has 1 aromatic carbocycles. The molecule has 0 fully saturated rings. The van der Waals surface area contributed by atoms with Gasteiger partial charge in [0.1, 0.15) is 10.8 Å². The molecule has 5 heteroatoms. The molecule has 2 aromatic rings. The van der Waals surface area contributed by atoms with Gasteiger partial charge in [-0.25, -0.2) is 9.37 Å². The highest BCUT2D eigenvalue weighted by Crippen LogP contribution is 2.24. The van der Waals surface area contributed by atoms with Gasteiger partial charge < -0.3 is 5.32 Å². The number of nitrogens with zero attached hydrogens (tertiary/aromatic N) is 1. The van der Waals surface area contributed by atoms with E-state index in [2.05, 4.69) is 24.1 Å². The summed E-state index contributed by atoms with van der Waals surface area (Å²) < 4.78 is 13.2. The van der Waals surface area contributed by atoms with Crippen molar-refractivity contribution in [2.75, 3.05) is 6.54 Å². The normalized spacial score (nSPS) is 10.9. The van der Waals surface area contributed by atoms with E-state index in [0.29, 0.717) is 12.5 Å². The van der Waals surface area contributed by atoms with Gasteiger partial charge in [0.05, 0.1) is 12.1 Å². The second kappa shape index (κ2) is 7.31. The maximum atomic E-state index is 13.2. The smallest absolute Gasteiger partial charge is 0.226 e. The monoisotopic (exact) mass is 306 g/mol. The van der Waals surface area contributed by atoms with Gasteiger partial charge in [-0.1, -0.05) is 26.0 Å². The van der Waals surface area contributed by atoms with Crippen LogP contribution < -0.4 is 5.32 Å². The van der Waals surface area contributed by atoms with Crippen LogP contribution in [0.2, 0.25) is 0 Å². The van der Waals surface area contributed by atoms with Crippen LogP contribution in [0.3, 0.4) is 0 Å². The maximum Gasteiger partial charge on any atom is 0.226 e. The van der Waals surface area contributed by atoms with Gasteiger partial charge in [0, 0.05) is 17.5 Å². The first kappa shape index (κ1) is 15.6. The van der Waals surface area contributed by atoms with Crippen LogP contribution in [0.25, 0.3) is 10.6 Å². The first-order valence-corrected chi connectivity index (χ1v) is 7.89. The molecule has 1 aromatic heterocycles. The van der Waals surface area contributed by atoms with Crippen LogP contribution in [0, 0.1) is 11.7 Å². The van der Waals surface area contributed by atoms with Crippen molar-refractivity contribution in [1.29, 1.82) is 0 Å². The second-order valence-electron chi connectivity index (χ2n) is 5.36. The van der Waals surface area contributed by atoms with Gasteiger partial charge in [0.2, 0.25) is 5.91 Å². The Bertz CT molecular complexity index is 610. The minimum Gasteiger partial charge on any atom is -0.356 e. The number of rotatable bonds is 6. The number of carbonyl (C=O) groups excluding carboxylic acids is 1. The lowest BCUT2D eigenvalue weighted by Crippen LogP contribution is -2.26. The lowest BCUT2D eigenvalue weighted by molar-refractivity contribution is -0.120. The first-order chi connectivity index (χ1) is 10.0. The van der Waals surface area contributed by atoms with E-state index in [0.717, 1.165) is 22.7 Å². The van der Waals surface area contributed by atoms with Crippen LogP contribution in [0.5, 0.6) is 0 Å². The predicted octanol–water partition coefficient (Wildman–Crippen LogP) is 3.65. The third-order valence-corrected chi connectivity index (χ3v) is 3.95. The average molecular weight is 306 g/mol. The van der Waals surface area contributed by atoms with Crippen molar-refractivity contribution in [3.8, 4) is 10.6 Å². The van der Waals surface area contributed by atoms with Gasteiger partial charge in [-0.15, -0.1) is 11.3 Å². The molecule has 0 saturated heterocycles. The van der Waals surface area contributed by atoms with E-state index >= 15 is 0 Å². The van der Waals surface area contributed by atoms with Crippen molar-refractivity contribution in [3.05, 3.63) is 41.2 Å². The summed E-state index contributed by atoms with van der Waals surface area (Å²) in [6.07, 6.45) is 1.24. The van der Waals surface area contributed by atoms with Crippen molar-refractivity contribution < 1.29 is 9.18 Å². The van der Waals surface area contributed by atoms with Gasteiger partial charge in [0.25, 0.3) is 0 Å². The Balaban J connectivity index is 1.93. The Labute approximate surface area is 128 Å². The fourth-order valence-corrected chi connectivity index (χ4v) is 2.69. The molecule has 0 aliphatic carbocycles. The minimum absolute atomic E-state index is 0.0215. The fraction of sp³-hybridized carbons (Fsp3) is 0.375. The molecule has 0 atom stereocenters. The number of hydrogen-bond donors (Lipinski definition) is 1. The lowest BCUT2D eigenvalue weighted by atomic mass is 10.1. The molecule has 0 aliphatic rings. The second-order valence-corrected chi connectivity index (χ2v) is 6.22. The quantitative estimate of drug-likeness (QED) is 0.885. The Morgan fingerprint density at radius 2 is 2.24 bits per heavy atom. The van der Waals surface area contributed by atoms with E-state index in [1.807, 2.05) is 11.4 Å². The lowest BCUT2D eigenvalue weighted by Gasteiger charge is -2.06. The molecule has 0 saturated carbocycles. The van der Waals surface area contributed by atoms with Crippen LogP contribution in [-0.4, -0.2) is 17.4 Å². The number of thiazole rings is 1. The van der Waals surface area contributed by atoms with Crippen LogP contribution in [0.1, 0.15) is 26.0 Å². The summed E-state index contributed by atoms with van der Waals surface area (Å²) in [5, 5.41) is 5.47. The van der Waals surface area contributed by atoms with Gasteiger partial charge in [-0.05, 0) is 24.5 Å². The number of benzene rings is 1. The Morgan fingerprint density at radius 1 is 1.43 bits per heavy atom. The minimum atomic E-state index is -0.282. The molecule has 1 amide bonds. The zero-order chi connectivity index (χ0) is 15.2. The van der Waals surface area contributed by atoms with Gasteiger partial charge >= 0.3 is 0 Å². The molecule has 0 radical (unpaired) electrons. The summed E-state index contributed by atoms with van der Waals surface area (Å²) in [6, 6.07) is 6.32. The number of amides is 1. The fourth-order valence-electron chi connectivity index (χ4n) is 1.87. The highest BCUT2D eigenvalue weighted by Gasteiger charge is 2.09. The molecule has 1 heterocycles. The Hall–Kier alpha value is -1.75. The molecule has 112 valence electrons. The number of carbonyl (C=O) groups is 1. The zero-order valence-corrected chi connectivity index (χ0v) is 13.0. The molecule has 1 N–H and O–H groups in total. The molecule has 2 rings (SSSR count). The first-order valence-electron chi connectivity index (χ1n) is 7.01. The van der Waals surface area contributed by atoms with Gasteiger partial charge in [-0.3, -0.25) is 4.79 Å². The topological polar surface area (TPSA) is 42.0 Å². The summed E-state index contributed by atoms with van der Waals surface area (Å²) in [5.74, 6) is 0.270. The van der Waals surface area contributed by atoms with Crippen LogP contribution in [0.4, 0.5) is 4.39 Å². The average Bonchev–Trinajstić information content (AvgIpc) is 2.86. The molecular formula is C16H19FN2OS. The summed E-state index contributed by atoms with van der Waals surface area (Å²) in [7, 11) is 0. The van der Waals surface area contributed by atoms with E-state index in [1.54, 1.807) is 6.07 Å². The van der Waals surface area contributed by atoms with Crippen molar-refractivity contribution in [3.63, 3.8) is 0 Å². The predicted molar refractivity (Wildman–Crippen MR) is 83.7 cm³/mol. The van der Waals surface area contributed by atoms with Crippen molar-refractivity contribution in [2.24, 2.45) is 5.92 Å². The van der Waals surface area contributed by atoms with Crippen LogP contribution >= 0.6 is 11.3 Å². The van der Waals surface area contributed by atoms with E-state index in [1.165, 1.54) is 23.5 Å². The Kier molecular flexibility index (Phi) is 5.44. The van der Waals surface area contributed by atoms with Crippen molar-refractivity contribution in [1.82, 2.24) is 10.3 Å². The SMILES string of the molecule is CC(C)CCNC(=O)Cc1csc(-c2cccc(F)c2)n1. The number of hydrogen-bond acceptors (Lipinski definition) is 3. The number of halogens is 1. The van der Waals surface area contributed by atoms with Crippen molar-refractivity contribution >= 4 is 17.2 Å². The molecular weight excluding hydrogens is 287 g/mol. The van der Waals surface area contributed by atoms with E-state index in [9.17, 15) is 9.18 Å². The molecule has 3 nitrogen and oxygen atoms in total. The number of nitrogens with one attached hydrogen (secondary N) is 1. The van der Waals surface area contributed by atoms with Crippen LogP contribution in [0.15, 0.2) is 29.6 Å². The standard InChI is InChI=1S/C16H19FN2OS/c1-11(2)6-7-18-15(20)9-14-10-21-16(19-14)12-4-3-5-13(17)8-12/h3-5,8,10-11H,6-7,9H2,1-2H3,(H,18,20). The maximum absolute atomic E-state index is 13.2. The van der Waals surface area contributed by atoms with Gasteiger partial charge in [-0.2, -0.15) is 0 Å². The molecule has 0 unspecified atom stereocenters. The highest BCUT2D eigenvalue weighted by atomic mass is 32.1. The third kappa shape index (κ3) is 4.93. The molecule has 0 spiro atoms. The molecule has 0 bridgehead atoms. The highest BCUT2D eigenvalue weighted by molar-refractivity contribution is 7.13. The number of aromatic nitrogens is 1. The summed E-state index contributed by atoms with van der Waals surface area (Å²) in [5.41, 5.74) is 1.47. The van der Waals surface area contributed by atoms with E-state index in [-0.39, 0.29) is 18.1 Å². The zero-order valence-electron chi connectivity index (χ0n) is 12.2. The molecule has 0 aliphatic heterocycles. The Morgan fingerprint density at radius 3 is 2.95 bits per heavy atom. The summed E-state index contributed by atoms with van der Waals surface area (Å²) >= 11 is 1.42. The van der Waals surface area contributed by atoms with Crippen LogP contribution in [-0.2, 0) is 11.2 Å². The largest absolute Gasteiger partial charge is 0.356 e. The summed E-state index contributed by atoms with van der Waals surface area (Å²) in [4.78, 5) is 16.2. The van der Waals surface area contributed by atoms with Gasteiger partial charge in [0.15, 0.2) is 0 Å².